The van der Waals surface area contributed by atoms with Crippen LogP contribution in [0.4, 0.5) is 5.82 Å². The number of unbranched alkanes of at least 4 members (excludes halogenated alkanes) is 2. The maximum absolute atomic E-state index is 12.9. The maximum atomic E-state index is 12.9. The third-order valence-corrected chi connectivity index (χ3v) is 5.93. The van der Waals surface area contributed by atoms with Crippen molar-refractivity contribution in [2.45, 2.75) is 32.7 Å². The summed E-state index contributed by atoms with van der Waals surface area (Å²) in [4.78, 5) is 20.1. The zero-order valence-electron chi connectivity index (χ0n) is 18.0. The number of hydrogen-bond donors (Lipinski definition) is 1. The summed E-state index contributed by atoms with van der Waals surface area (Å²) in [6.07, 6.45) is 5.13. The first-order valence-electron chi connectivity index (χ1n) is 11.1. The fourth-order valence-corrected chi connectivity index (χ4v) is 4.03. The van der Waals surface area contributed by atoms with Crippen LogP contribution in [0.5, 0.6) is 0 Å². The summed E-state index contributed by atoms with van der Waals surface area (Å²) >= 11 is 6.03. The van der Waals surface area contributed by atoms with Crippen LogP contribution in [0.25, 0.3) is 17.0 Å². The summed E-state index contributed by atoms with van der Waals surface area (Å²) in [6, 6.07) is 9.22. The number of imidazole rings is 1. The Kier molecular flexibility index (Phi) is 7.27. The second-order valence-electron chi connectivity index (χ2n) is 7.91. The van der Waals surface area contributed by atoms with Gasteiger partial charge in [-0.25, -0.2) is 4.98 Å². The number of benzene rings is 1. The molecule has 0 radical (unpaired) electrons. The molecule has 1 N–H and O–H groups in total. The van der Waals surface area contributed by atoms with Crippen molar-refractivity contribution in [1.82, 2.24) is 18.9 Å². The van der Waals surface area contributed by atoms with Crippen LogP contribution < -0.4 is 10.9 Å². The van der Waals surface area contributed by atoms with E-state index in [1.54, 1.807) is 10.5 Å². The van der Waals surface area contributed by atoms with Crippen molar-refractivity contribution < 1.29 is 4.74 Å². The molecule has 3 aromatic rings. The van der Waals surface area contributed by atoms with Crippen LogP contribution in [0.15, 0.2) is 41.3 Å². The lowest BCUT2D eigenvalue weighted by molar-refractivity contribution is 0.0398. The van der Waals surface area contributed by atoms with Gasteiger partial charge in [-0.2, -0.15) is 0 Å². The van der Waals surface area contributed by atoms with Gasteiger partial charge in [-0.05, 0) is 18.6 Å². The Hall–Kier alpha value is -2.35. The Morgan fingerprint density at radius 1 is 1.13 bits per heavy atom. The molecule has 0 spiro atoms. The first-order chi connectivity index (χ1) is 15.2. The summed E-state index contributed by atoms with van der Waals surface area (Å²) in [5.74, 6) is 1.50. The van der Waals surface area contributed by atoms with E-state index in [0.717, 1.165) is 82.3 Å². The van der Waals surface area contributed by atoms with Crippen LogP contribution in [-0.4, -0.2) is 58.2 Å². The zero-order chi connectivity index (χ0) is 21.6. The number of fused-ring (bicyclic) bond motifs is 1. The number of rotatable bonds is 9. The van der Waals surface area contributed by atoms with Crippen LogP contribution >= 0.6 is 11.6 Å². The number of anilines is 1. The maximum Gasteiger partial charge on any atom is 0.261 e. The first kappa shape index (κ1) is 21.9. The van der Waals surface area contributed by atoms with E-state index in [9.17, 15) is 4.79 Å². The van der Waals surface area contributed by atoms with Crippen LogP contribution in [0.3, 0.4) is 0 Å². The molecule has 0 unspecified atom stereocenters. The third kappa shape index (κ3) is 5.29. The number of nitrogens with one attached hydrogen (secondary N) is 1. The molecular weight excluding hydrogens is 414 g/mol. The monoisotopic (exact) mass is 443 g/mol. The van der Waals surface area contributed by atoms with Gasteiger partial charge in [-0.3, -0.25) is 18.7 Å². The fraction of sp³-hybridized carbons (Fsp3) is 0.478. The molecule has 1 aromatic carbocycles. The van der Waals surface area contributed by atoms with Gasteiger partial charge in [0.15, 0.2) is 0 Å². The molecule has 0 aliphatic carbocycles. The average Bonchev–Trinajstić information content (AvgIpc) is 3.23. The number of hydrogen-bond acceptors (Lipinski definition) is 5. The second kappa shape index (κ2) is 10.3. The Morgan fingerprint density at radius 3 is 2.65 bits per heavy atom. The summed E-state index contributed by atoms with van der Waals surface area (Å²) in [5.41, 5.74) is 1.63. The molecule has 1 fully saturated rings. The molecule has 0 bridgehead atoms. The van der Waals surface area contributed by atoms with Gasteiger partial charge in [0, 0.05) is 55.6 Å². The number of halogens is 1. The fourth-order valence-electron chi connectivity index (χ4n) is 3.91. The molecule has 1 aliphatic heterocycles. The number of ether oxygens (including phenoxy) is 1. The predicted molar refractivity (Wildman–Crippen MR) is 125 cm³/mol. The van der Waals surface area contributed by atoms with Crippen molar-refractivity contribution in [3.05, 3.63) is 51.9 Å². The summed E-state index contributed by atoms with van der Waals surface area (Å²) in [7, 11) is 0. The molecule has 0 saturated carbocycles. The molecule has 1 aliphatic rings. The molecule has 1 saturated heterocycles. The van der Waals surface area contributed by atoms with Crippen molar-refractivity contribution in [3.63, 3.8) is 0 Å². The molecule has 0 amide bonds. The molecule has 4 rings (SSSR count). The van der Waals surface area contributed by atoms with E-state index >= 15 is 0 Å². The Bertz CT molecular complexity index is 1050. The highest BCUT2D eigenvalue weighted by atomic mass is 35.5. The van der Waals surface area contributed by atoms with E-state index in [2.05, 4.69) is 21.7 Å². The molecule has 2 aromatic heterocycles. The lowest BCUT2D eigenvalue weighted by atomic mass is 10.2. The summed E-state index contributed by atoms with van der Waals surface area (Å²) < 4.78 is 9.20. The minimum absolute atomic E-state index is 0.0803. The van der Waals surface area contributed by atoms with Crippen LogP contribution in [0, 0.1) is 0 Å². The normalized spacial score (nSPS) is 14.9. The highest BCUT2D eigenvalue weighted by Gasteiger charge is 2.15. The standard InChI is InChI=1S/C23H30ClN5O2/c1-2-3-4-10-28-21(25-9-11-27-12-14-31-15-13-27)16-22(30)29-17-20(26-23(28)29)18-5-7-19(24)8-6-18/h5-8,16-17,25H,2-4,9-15H2,1H3. The number of morpholine rings is 1. The van der Waals surface area contributed by atoms with Gasteiger partial charge in [-0.15, -0.1) is 0 Å². The van der Waals surface area contributed by atoms with E-state index in [4.69, 9.17) is 21.3 Å². The molecule has 0 atom stereocenters. The van der Waals surface area contributed by atoms with E-state index in [1.807, 2.05) is 30.5 Å². The lowest BCUT2D eigenvalue weighted by Crippen LogP contribution is -2.39. The van der Waals surface area contributed by atoms with Gasteiger partial charge in [0.25, 0.3) is 5.56 Å². The quantitative estimate of drug-likeness (QED) is 0.510. The predicted octanol–water partition coefficient (Wildman–Crippen LogP) is 3.75. The number of aromatic nitrogens is 3. The van der Waals surface area contributed by atoms with Crippen molar-refractivity contribution in [2.24, 2.45) is 0 Å². The van der Waals surface area contributed by atoms with E-state index in [-0.39, 0.29) is 5.56 Å². The Labute approximate surface area is 187 Å². The van der Waals surface area contributed by atoms with Crippen molar-refractivity contribution in [2.75, 3.05) is 44.7 Å². The molecule has 8 heteroatoms. The second-order valence-corrected chi connectivity index (χ2v) is 8.35. The number of nitrogens with zero attached hydrogens (tertiary/aromatic N) is 4. The summed E-state index contributed by atoms with van der Waals surface area (Å²) in [6.45, 7) is 8.18. The minimum atomic E-state index is -0.0803. The smallest absolute Gasteiger partial charge is 0.261 e. The highest BCUT2D eigenvalue weighted by Crippen LogP contribution is 2.22. The largest absolute Gasteiger partial charge is 0.379 e. The molecule has 3 heterocycles. The van der Waals surface area contributed by atoms with Crippen LogP contribution in [0.1, 0.15) is 26.2 Å². The zero-order valence-corrected chi connectivity index (χ0v) is 18.8. The van der Waals surface area contributed by atoms with Gasteiger partial charge in [-0.1, -0.05) is 43.5 Å². The van der Waals surface area contributed by atoms with Crippen LogP contribution in [-0.2, 0) is 11.3 Å². The highest BCUT2D eigenvalue weighted by molar-refractivity contribution is 6.30. The molecule has 7 nitrogen and oxygen atoms in total. The van der Waals surface area contributed by atoms with Crippen LogP contribution in [0.2, 0.25) is 5.02 Å². The molecule has 31 heavy (non-hydrogen) atoms. The van der Waals surface area contributed by atoms with E-state index in [0.29, 0.717) is 10.8 Å². The molecular formula is C23H30ClN5O2. The first-order valence-corrected chi connectivity index (χ1v) is 11.5. The van der Waals surface area contributed by atoms with Crippen molar-refractivity contribution in [3.8, 4) is 11.3 Å². The molecule has 166 valence electrons. The van der Waals surface area contributed by atoms with Gasteiger partial charge >= 0.3 is 0 Å². The van der Waals surface area contributed by atoms with Crippen molar-refractivity contribution >= 4 is 23.2 Å². The summed E-state index contributed by atoms with van der Waals surface area (Å²) in [5, 5.41) is 4.17. The Morgan fingerprint density at radius 2 is 1.90 bits per heavy atom. The van der Waals surface area contributed by atoms with Gasteiger partial charge < -0.3 is 10.1 Å². The third-order valence-electron chi connectivity index (χ3n) is 5.68. The lowest BCUT2D eigenvalue weighted by Gasteiger charge is -2.27. The topological polar surface area (TPSA) is 63.8 Å². The van der Waals surface area contributed by atoms with Gasteiger partial charge in [0.1, 0.15) is 5.82 Å². The number of aryl methyl sites for hydroxylation is 1. The van der Waals surface area contributed by atoms with Gasteiger partial charge in [0.2, 0.25) is 5.78 Å². The Balaban J connectivity index is 1.62. The van der Waals surface area contributed by atoms with Crippen molar-refractivity contribution in [1.29, 1.82) is 0 Å². The van der Waals surface area contributed by atoms with E-state index in [1.165, 1.54) is 0 Å². The van der Waals surface area contributed by atoms with E-state index < -0.39 is 0 Å². The SMILES string of the molecule is CCCCCn1c(NCCN2CCOCC2)cc(=O)n2cc(-c3ccc(Cl)cc3)nc12. The minimum Gasteiger partial charge on any atom is -0.379 e. The average molecular weight is 444 g/mol. The van der Waals surface area contributed by atoms with Gasteiger partial charge in [0.05, 0.1) is 18.9 Å².